The zero-order valence-electron chi connectivity index (χ0n) is 13.3. The fraction of sp³-hybridized carbons (Fsp3) is 0.100. The van der Waals surface area contributed by atoms with Crippen molar-refractivity contribution in [2.45, 2.75) is 13.8 Å². The second-order valence-electron chi connectivity index (χ2n) is 5.34. The predicted molar refractivity (Wildman–Crippen MR) is 90.8 cm³/mol. The van der Waals surface area contributed by atoms with Gasteiger partial charge in [-0.3, -0.25) is 9.59 Å². The van der Waals surface area contributed by atoms with Crippen LogP contribution in [-0.4, -0.2) is 11.9 Å². The lowest BCUT2D eigenvalue weighted by Crippen LogP contribution is -2.01. The van der Waals surface area contributed by atoms with Gasteiger partial charge in [0.25, 0.3) is 0 Å². The highest BCUT2D eigenvalue weighted by Gasteiger charge is 2.05. The highest BCUT2D eigenvalue weighted by molar-refractivity contribution is 5.88. The van der Waals surface area contributed by atoms with Crippen LogP contribution in [0.2, 0.25) is 0 Å². The fourth-order valence-electron chi connectivity index (χ4n) is 2.44. The Morgan fingerprint density at radius 3 is 2.25 bits per heavy atom. The van der Waals surface area contributed by atoms with Crippen molar-refractivity contribution < 1.29 is 19.1 Å². The molecule has 4 nitrogen and oxygen atoms in total. The zero-order valence-corrected chi connectivity index (χ0v) is 13.3. The lowest BCUT2D eigenvalue weighted by Gasteiger charge is -2.07. The van der Waals surface area contributed by atoms with E-state index < -0.39 is 0 Å². The Morgan fingerprint density at radius 1 is 0.833 bits per heavy atom. The largest absolute Gasteiger partial charge is 0.427 e. The van der Waals surface area contributed by atoms with E-state index in [1.165, 1.54) is 13.8 Å². The van der Waals surface area contributed by atoms with E-state index in [0.717, 1.165) is 21.9 Å². The number of esters is 2. The lowest BCUT2D eigenvalue weighted by atomic mass is 10.0. The highest BCUT2D eigenvalue weighted by atomic mass is 16.5. The third kappa shape index (κ3) is 3.60. The second-order valence-corrected chi connectivity index (χ2v) is 5.34. The molecule has 3 aromatic rings. The SMILES string of the molecule is CC(=O)Oc1cccc(-c2[c]c3ccc(OC(C)=O)cc3cc2)c1. The number of carbonyl (C=O) groups is 2. The number of ether oxygens (including phenoxy) is 2. The Hall–Kier alpha value is -3.14. The standard InChI is InChI=1S/C20H15O4/c1-13(21)23-19-5-3-4-15(11-19)16-6-7-18-12-20(24-14(2)22)9-8-17(18)10-16/h3-9,11-12H,1-2H3. The highest BCUT2D eigenvalue weighted by Crippen LogP contribution is 2.28. The molecule has 0 atom stereocenters. The molecule has 0 aliphatic heterocycles. The number of rotatable bonds is 3. The normalized spacial score (nSPS) is 10.4. The summed E-state index contributed by atoms with van der Waals surface area (Å²) in [6.07, 6.45) is 0. The van der Waals surface area contributed by atoms with E-state index in [2.05, 4.69) is 6.07 Å². The number of hydrogen-bond donors (Lipinski definition) is 0. The first-order valence-electron chi connectivity index (χ1n) is 7.44. The third-order valence-electron chi connectivity index (χ3n) is 3.39. The van der Waals surface area contributed by atoms with E-state index in [1.807, 2.05) is 30.3 Å². The summed E-state index contributed by atoms with van der Waals surface area (Å²) < 4.78 is 10.2. The molecule has 3 rings (SSSR count). The summed E-state index contributed by atoms with van der Waals surface area (Å²) in [5, 5.41) is 1.83. The van der Waals surface area contributed by atoms with Crippen LogP contribution in [0.4, 0.5) is 0 Å². The van der Waals surface area contributed by atoms with Gasteiger partial charge >= 0.3 is 11.9 Å². The molecule has 0 aliphatic rings. The van der Waals surface area contributed by atoms with Crippen molar-refractivity contribution in [2.24, 2.45) is 0 Å². The van der Waals surface area contributed by atoms with Crippen LogP contribution in [0.25, 0.3) is 21.9 Å². The van der Waals surface area contributed by atoms with Crippen LogP contribution in [0.5, 0.6) is 11.5 Å². The maximum Gasteiger partial charge on any atom is 0.308 e. The van der Waals surface area contributed by atoms with Gasteiger partial charge in [-0.05, 0) is 52.2 Å². The maximum absolute atomic E-state index is 11.1. The van der Waals surface area contributed by atoms with Gasteiger partial charge in [0, 0.05) is 13.8 Å². The van der Waals surface area contributed by atoms with Crippen molar-refractivity contribution in [3.8, 4) is 22.6 Å². The van der Waals surface area contributed by atoms with Crippen molar-refractivity contribution in [1.29, 1.82) is 0 Å². The Morgan fingerprint density at radius 2 is 1.54 bits per heavy atom. The van der Waals surface area contributed by atoms with Crippen molar-refractivity contribution in [3.05, 3.63) is 60.7 Å². The van der Waals surface area contributed by atoms with Gasteiger partial charge in [-0.25, -0.2) is 0 Å². The average molecular weight is 319 g/mol. The van der Waals surface area contributed by atoms with Gasteiger partial charge in [-0.1, -0.05) is 30.3 Å². The quantitative estimate of drug-likeness (QED) is 0.537. The van der Waals surface area contributed by atoms with Gasteiger partial charge in [0.05, 0.1) is 0 Å². The molecule has 0 spiro atoms. The molecule has 0 saturated carbocycles. The first-order valence-corrected chi connectivity index (χ1v) is 7.44. The summed E-state index contributed by atoms with van der Waals surface area (Å²) in [7, 11) is 0. The van der Waals surface area contributed by atoms with Crippen LogP contribution in [0.1, 0.15) is 13.8 Å². The molecule has 0 aromatic heterocycles. The average Bonchev–Trinajstić information content (AvgIpc) is 2.53. The molecule has 0 saturated heterocycles. The molecule has 0 fully saturated rings. The molecule has 0 aliphatic carbocycles. The molecular formula is C20H15O4. The Kier molecular flexibility index (Phi) is 4.29. The molecule has 0 unspecified atom stereocenters. The number of hydrogen-bond acceptors (Lipinski definition) is 4. The van der Waals surface area contributed by atoms with Crippen LogP contribution in [0.15, 0.2) is 54.6 Å². The number of fused-ring (bicyclic) bond motifs is 1. The van der Waals surface area contributed by atoms with E-state index in [1.54, 1.807) is 24.3 Å². The molecular weight excluding hydrogens is 304 g/mol. The van der Waals surface area contributed by atoms with E-state index in [0.29, 0.717) is 11.5 Å². The molecule has 0 bridgehead atoms. The molecule has 4 heteroatoms. The lowest BCUT2D eigenvalue weighted by molar-refractivity contribution is -0.132. The van der Waals surface area contributed by atoms with Crippen LogP contribution in [-0.2, 0) is 9.59 Å². The minimum atomic E-state index is -0.354. The van der Waals surface area contributed by atoms with Crippen molar-refractivity contribution in [2.75, 3.05) is 0 Å². The second kappa shape index (κ2) is 6.54. The smallest absolute Gasteiger partial charge is 0.308 e. The summed E-state index contributed by atoms with van der Waals surface area (Å²) in [6.45, 7) is 2.74. The molecule has 24 heavy (non-hydrogen) atoms. The topological polar surface area (TPSA) is 52.6 Å². The number of carbonyl (C=O) groups excluding carboxylic acids is 2. The van der Waals surface area contributed by atoms with Crippen molar-refractivity contribution in [3.63, 3.8) is 0 Å². The summed E-state index contributed by atoms with van der Waals surface area (Å²) in [6, 6.07) is 19.9. The molecule has 0 N–H and O–H groups in total. The summed E-state index contributed by atoms with van der Waals surface area (Å²) in [5.41, 5.74) is 1.79. The molecule has 119 valence electrons. The van der Waals surface area contributed by atoms with Crippen LogP contribution in [0, 0.1) is 6.07 Å². The van der Waals surface area contributed by atoms with E-state index in [9.17, 15) is 9.59 Å². The third-order valence-corrected chi connectivity index (χ3v) is 3.39. The van der Waals surface area contributed by atoms with Crippen LogP contribution < -0.4 is 9.47 Å². The zero-order chi connectivity index (χ0) is 17.1. The van der Waals surface area contributed by atoms with Gasteiger partial charge in [-0.2, -0.15) is 0 Å². The van der Waals surface area contributed by atoms with E-state index in [-0.39, 0.29) is 11.9 Å². The van der Waals surface area contributed by atoms with Gasteiger partial charge in [0.15, 0.2) is 0 Å². The predicted octanol–water partition coefficient (Wildman–Crippen LogP) is 4.16. The van der Waals surface area contributed by atoms with Crippen LogP contribution >= 0.6 is 0 Å². The number of benzene rings is 3. The van der Waals surface area contributed by atoms with Crippen LogP contribution in [0.3, 0.4) is 0 Å². The minimum Gasteiger partial charge on any atom is -0.427 e. The Labute approximate surface area is 139 Å². The van der Waals surface area contributed by atoms with Gasteiger partial charge in [0.1, 0.15) is 11.5 Å². The molecule has 0 amide bonds. The van der Waals surface area contributed by atoms with Gasteiger partial charge < -0.3 is 9.47 Å². The maximum atomic E-state index is 11.1. The first kappa shape index (κ1) is 15.7. The summed E-state index contributed by atoms with van der Waals surface area (Å²) in [5.74, 6) is 0.302. The van der Waals surface area contributed by atoms with Crippen molar-refractivity contribution >= 4 is 22.7 Å². The summed E-state index contributed by atoms with van der Waals surface area (Å²) >= 11 is 0. The Bertz CT molecular complexity index is 928. The van der Waals surface area contributed by atoms with Gasteiger partial charge in [-0.15, -0.1) is 0 Å². The monoisotopic (exact) mass is 319 g/mol. The molecule has 3 aromatic carbocycles. The fourth-order valence-corrected chi connectivity index (χ4v) is 2.44. The minimum absolute atomic E-state index is 0.350. The molecule has 1 radical (unpaired) electrons. The first-order chi connectivity index (χ1) is 11.5. The van der Waals surface area contributed by atoms with E-state index >= 15 is 0 Å². The Balaban J connectivity index is 1.96. The van der Waals surface area contributed by atoms with Gasteiger partial charge in [0.2, 0.25) is 0 Å². The molecule has 0 heterocycles. The summed E-state index contributed by atoms with van der Waals surface area (Å²) in [4.78, 5) is 22.1. The van der Waals surface area contributed by atoms with E-state index in [4.69, 9.17) is 9.47 Å². The van der Waals surface area contributed by atoms with Crippen molar-refractivity contribution in [1.82, 2.24) is 0 Å².